The first-order valence-electron chi connectivity index (χ1n) is 12.8. The van der Waals surface area contributed by atoms with E-state index in [2.05, 4.69) is 39.7 Å². The quantitative estimate of drug-likeness (QED) is 0.353. The molecular weight excluding hydrogens is 486 g/mol. The van der Waals surface area contributed by atoms with Gasteiger partial charge in [-0.15, -0.1) is 11.3 Å². The van der Waals surface area contributed by atoms with Gasteiger partial charge in [0.05, 0.1) is 23.8 Å². The second-order valence-electron chi connectivity index (χ2n) is 10.8. The minimum atomic E-state index is -0.527. The number of likely N-dealkylation sites (N-methyl/N-ethyl adjacent to an activating group) is 1. The number of fused-ring (bicyclic) bond motifs is 4. The average Bonchev–Trinajstić information content (AvgIpc) is 3.26. The summed E-state index contributed by atoms with van der Waals surface area (Å²) in [6.07, 6.45) is 5.91. The monoisotopic (exact) mass is 523 g/mol. The van der Waals surface area contributed by atoms with Crippen molar-refractivity contribution in [2.45, 2.75) is 51.9 Å². The number of ether oxygens (including phenoxy) is 2. The van der Waals surface area contributed by atoms with Gasteiger partial charge in [0.15, 0.2) is 0 Å². The smallest absolute Gasteiger partial charge is 0.144 e. The van der Waals surface area contributed by atoms with Gasteiger partial charge in [-0.25, -0.2) is 9.97 Å². The van der Waals surface area contributed by atoms with Crippen molar-refractivity contribution in [2.24, 2.45) is 5.92 Å². The first-order chi connectivity index (χ1) is 17.7. The van der Waals surface area contributed by atoms with Gasteiger partial charge in [0, 0.05) is 42.7 Å². The van der Waals surface area contributed by atoms with Crippen molar-refractivity contribution in [1.82, 2.24) is 14.9 Å². The second-order valence-corrected chi connectivity index (χ2v) is 11.9. The van der Waals surface area contributed by atoms with Crippen LogP contribution < -0.4 is 15.4 Å². The molecule has 3 heterocycles. The predicted molar refractivity (Wildman–Crippen MR) is 151 cm³/mol. The van der Waals surface area contributed by atoms with Crippen molar-refractivity contribution in [1.29, 1.82) is 0 Å². The van der Waals surface area contributed by atoms with Gasteiger partial charge in [-0.05, 0) is 64.3 Å². The molecule has 0 amide bonds. The summed E-state index contributed by atoms with van der Waals surface area (Å²) in [5, 5.41) is 19.2. The zero-order valence-corrected chi connectivity index (χ0v) is 23.3. The van der Waals surface area contributed by atoms with Crippen molar-refractivity contribution in [3.05, 3.63) is 40.0 Å². The first-order valence-corrected chi connectivity index (χ1v) is 13.6. The molecule has 198 valence electrons. The van der Waals surface area contributed by atoms with E-state index in [0.717, 1.165) is 64.5 Å². The van der Waals surface area contributed by atoms with Gasteiger partial charge in [0.25, 0.3) is 0 Å². The van der Waals surface area contributed by atoms with Crippen LogP contribution in [0.3, 0.4) is 0 Å². The lowest BCUT2D eigenvalue weighted by atomic mass is 9.86. The molecule has 37 heavy (non-hydrogen) atoms. The van der Waals surface area contributed by atoms with E-state index < -0.39 is 6.23 Å². The molecule has 3 N–H and O–H groups in total. The SMILES string of the molecule is COc1cc2c(cc1Nc1ncnc3sc4c(c13)CCC(C(O)N(C)CC(C)(C)OC)C4)C=C(C)CN2. The first kappa shape index (κ1) is 25.9. The van der Waals surface area contributed by atoms with Crippen molar-refractivity contribution >= 4 is 44.8 Å². The summed E-state index contributed by atoms with van der Waals surface area (Å²) in [7, 11) is 5.37. The minimum absolute atomic E-state index is 0.158. The van der Waals surface area contributed by atoms with Crippen molar-refractivity contribution < 1.29 is 14.6 Å². The van der Waals surface area contributed by atoms with E-state index in [1.54, 1.807) is 31.9 Å². The largest absolute Gasteiger partial charge is 0.494 e. The fourth-order valence-electron chi connectivity index (χ4n) is 5.42. The molecule has 9 heteroatoms. The van der Waals surface area contributed by atoms with Crippen molar-refractivity contribution in [3.63, 3.8) is 0 Å². The molecular formula is C28H37N5O3S. The third-order valence-corrected chi connectivity index (χ3v) is 8.69. The molecule has 2 aromatic heterocycles. The summed E-state index contributed by atoms with van der Waals surface area (Å²) in [4.78, 5) is 13.5. The second kappa shape index (κ2) is 10.2. The summed E-state index contributed by atoms with van der Waals surface area (Å²) in [5.41, 5.74) is 5.33. The standard InChI is InChI=1S/C28H37N5O3S/c1-16-9-18-10-21(22(35-5)12-20(18)29-13-16)32-25-24-19-8-7-17(11-23(19)37-26(24)31-15-30-25)27(34)33(4)14-28(2,3)36-6/h9-10,12,15,17,27,29,34H,7-8,11,13-14H2,1-6H3,(H,30,31,32). The number of rotatable bonds is 8. The van der Waals surface area contributed by atoms with Gasteiger partial charge in [-0.2, -0.15) is 0 Å². The zero-order valence-electron chi connectivity index (χ0n) is 22.5. The number of aliphatic hydroxyl groups is 1. The molecule has 0 radical (unpaired) electrons. The number of hydrogen-bond donors (Lipinski definition) is 3. The van der Waals surface area contributed by atoms with Crippen LogP contribution in [0.2, 0.25) is 0 Å². The lowest BCUT2D eigenvalue weighted by Crippen LogP contribution is -2.47. The molecule has 2 aliphatic rings. The van der Waals surface area contributed by atoms with E-state index in [1.807, 2.05) is 31.9 Å². The van der Waals surface area contributed by atoms with E-state index in [1.165, 1.54) is 16.0 Å². The molecule has 3 aromatic rings. The number of thiophene rings is 1. The van der Waals surface area contributed by atoms with E-state index in [9.17, 15) is 5.11 Å². The number of anilines is 3. The number of methoxy groups -OCH3 is 2. The maximum absolute atomic E-state index is 11.1. The molecule has 2 atom stereocenters. The van der Waals surface area contributed by atoms with Gasteiger partial charge >= 0.3 is 0 Å². The average molecular weight is 524 g/mol. The highest BCUT2D eigenvalue weighted by molar-refractivity contribution is 7.19. The van der Waals surface area contributed by atoms with E-state index >= 15 is 0 Å². The molecule has 2 unspecified atom stereocenters. The van der Waals surface area contributed by atoms with Crippen LogP contribution in [0.5, 0.6) is 5.75 Å². The lowest BCUT2D eigenvalue weighted by molar-refractivity contribution is -0.0776. The zero-order chi connectivity index (χ0) is 26.3. The Morgan fingerprint density at radius 3 is 2.86 bits per heavy atom. The highest BCUT2D eigenvalue weighted by Gasteiger charge is 2.33. The molecule has 0 saturated carbocycles. The topological polar surface area (TPSA) is 91.8 Å². The third-order valence-electron chi connectivity index (χ3n) is 7.52. The van der Waals surface area contributed by atoms with E-state index in [4.69, 9.17) is 9.47 Å². The van der Waals surface area contributed by atoms with Crippen LogP contribution in [0.15, 0.2) is 24.0 Å². The lowest BCUT2D eigenvalue weighted by Gasteiger charge is -2.36. The van der Waals surface area contributed by atoms with Gasteiger partial charge < -0.3 is 25.2 Å². The Kier molecular flexibility index (Phi) is 7.15. The number of hydrogen-bond acceptors (Lipinski definition) is 9. The van der Waals surface area contributed by atoms with Crippen LogP contribution in [0, 0.1) is 5.92 Å². The Hall–Kier alpha value is -2.72. The number of aliphatic hydroxyl groups excluding tert-OH is 1. The van der Waals surface area contributed by atoms with Crippen LogP contribution in [-0.4, -0.2) is 66.2 Å². The highest BCUT2D eigenvalue weighted by atomic mass is 32.1. The van der Waals surface area contributed by atoms with Crippen LogP contribution in [0.25, 0.3) is 16.3 Å². The molecule has 1 aromatic carbocycles. The summed E-state index contributed by atoms with van der Waals surface area (Å²) >= 11 is 1.71. The van der Waals surface area contributed by atoms with Gasteiger partial charge in [-0.1, -0.05) is 11.6 Å². The molecule has 8 nitrogen and oxygen atoms in total. The maximum atomic E-state index is 11.1. The normalized spacial score (nSPS) is 18.2. The number of aromatic nitrogens is 2. The molecule has 1 aliphatic heterocycles. The van der Waals surface area contributed by atoms with Crippen molar-refractivity contribution in [2.75, 3.05) is 45.0 Å². The molecule has 1 aliphatic carbocycles. The number of nitrogens with zero attached hydrogens (tertiary/aromatic N) is 3. The Labute approximate surface area is 222 Å². The molecule has 0 spiro atoms. The van der Waals surface area contributed by atoms with Gasteiger partial charge in [0.2, 0.25) is 0 Å². The number of nitrogens with one attached hydrogen (secondary N) is 2. The predicted octanol–water partition coefficient (Wildman–Crippen LogP) is 5.05. The summed E-state index contributed by atoms with van der Waals surface area (Å²) in [6.45, 7) is 7.71. The molecule has 5 rings (SSSR count). The number of aryl methyl sites for hydroxylation is 1. The fourth-order valence-corrected chi connectivity index (χ4v) is 6.70. The molecule has 0 saturated heterocycles. The Morgan fingerprint density at radius 2 is 2.11 bits per heavy atom. The van der Waals surface area contributed by atoms with Crippen LogP contribution >= 0.6 is 11.3 Å². The Morgan fingerprint density at radius 1 is 1.30 bits per heavy atom. The minimum Gasteiger partial charge on any atom is -0.494 e. The Bertz CT molecular complexity index is 1340. The van der Waals surface area contributed by atoms with Crippen LogP contribution in [0.4, 0.5) is 17.2 Å². The van der Waals surface area contributed by atoms with Crippen LogP contribution in [-0.2, 0) is 17.6 Å². The van der Waals surface area contributed by atoms with E-state index in [0.29, 0.717) is 6.54 Å². The van der Waals surface area contributed by atoms with E-state index in [-0.39, 0.29) is 11.5 Å². The summed E-state index contributed by atoms with van der Waals surface area (Å²) in [5.74, 6) is 1.72. The van der Waals surface area contributed by atoms with Crippen LogP contribution in [0.1, 0.15) is 43.2 Å². The molecule has 0 bridgehead atoms. The Balaban J connectivity index is 1.42. The summed E-state index contributed by atoms with van der Waals surface area (Å²) < 4.78 is 11.3. The highest BCUT2D eigenvalue weighted by Crippen LogP contribution is 2.43. The fraction of sp³-hybridized carbons (Fsp3) is 0.500. The third kappa shape index (κ3) is 5.18. The number of benzene rings is 1. The summed E-state index contributed by atoms with van der Waals surface area (Å²) in [6, 6.07) is 4.15. The molecule has 0 fully saturated rings. The maximum Gasteiger partial charge on any atom is 0.144 e. The van der Waals surface area contributed by atoms with Crippen molar-refractivity contribution in [3.8, 4) is 5.75 Å². The van der Waals surface area contributed by atoms with Gasteiger partial charge in [-0.3, -0.25) is 4.90 Å². The van der Waals surface area contributed by atoms with Gasteiger partial charge in [0.1, 0.15) is 29.0 Å².